The van der Waals surface area contributed by atoms with Gasteiger partial charge in [-0.1, -0.05) is 36.4 Å². The van der Waals surface area contributed by atoms with E-state index in [2.05, 4.69) is 17.1 Å². The molecule has 1 N–H and O–H groups in total. The van der Waals surface area contributed by atoms with Gasteiger partial charge in [-0.25, -0.2) is 0 Å². The third-order valence-corrected chi connectivity index (χ3v) is 4.94. The Morgan fingerprint density at radius 2 is 2.10 bits per heavy atom. The van der Waals surface area contributed by atoms with Gasteiger partial charge < -0.3 is 5.11 Å². The van der Waals surface area contributed by atoms with Crippen molar-refractivity contribution in [2.75, 3.05) is 5.75 Å². The Morgan fingerprint density at radius 3 is 2.76 bits per heavy atom. The predicted molar refractivity (Wildman–Crippen MR) is 82.8 cm³/mol. The van der Waals surface area contributed by atoms with Crippen LogP contribution in [0.25, 0.3) is 0 Å². The summed E-state index contributed by atoms with van der Waals surface area (Å²) in [7, 11) is 0. The van der Waals surface area contributed by atoms with Crippen LogP contribution in [0.2, 0.25) is 0 Å². The lowest BCUT2D eigenvalue weighted by Gasteiger charge is -2.27. The summed E-state index contributed by atoms with van der Waals surface area (Å²) in [5.74, 6) is -0.153. The van der Waals surface area contributed by atoms with Crippen LogP contribution in [0.15, 0.2) is 54.9 Å². The molecule has 21 heavy (non-hydrogen) atoms. The third-order valence-electron chi connectivity index (χ3n) is 3.57. The highest BCUT2D eigenvalue weighted by Crippen LogP contribution is 2.42. The first-order chi connectivity index (χ1) is 10.3. The van der Waals surface area contributed by atoms with Crippen molar-refractivity contribution >= 4 is 17.7 Å². The van der Waals surface area contributed by atoms with Gasteiger partial charge in [0.15, 0.2) is 0 Å². The van der Waals surface area contributed by atoms with Crippen molar-refractivity contribution < 1.29 is 9.90 Å². The molecule has 2 heterocycles. The lowest BCUT2D eigenvalue weighted by atomic mass is 10.1. The number of hydrogen-bond donors (Lipinski definition) is 1. The molecule has 1 aliphatic heterocycles. The monoisotopic (exact) mass is 300 g/mol. The van der Waals surface area contributed by atoms with E-state index < -0.39 is 12.0 Å². The molecule has 2 unspecified atom stereocenters. The molecule has 1 saturated heterocycles. The van der Waals surface area contributed by atoms with Crippen LogP contribution >= 0.6 is 11.8 Å². The molecule has 0 bridgehead atoms. The van der Waals surface area contributed by atoms with Gasteiger partial charge in [0.25, 0.3) is 0 Å². The predicted octanol–water partition coefficient (Wildman–Crippen LogP) is 2.78. The molecule has 2 aromatic rings. The number of carbonyl (C=O) groups is 1. The Balaban J connectivity index is 1.88. The van der Waals surface area contributed by atoms with Crippen LogP contribution in [0.4, 0.5) is 0 Å². The summed E-state index contributed by atoms with van der Waals surface area (Å²) < 4.78 is 0. The number of rotatable bonds is 4. The Kier molecular flexibility index (Phi) is 4.22. The summed E-state index contributed by atoms with van der Waals surface area (Å²) in [6.07, 6.45) is 3.52. The zero-order chi connectivity index (χ0) is 14.7. The Bertz CT molecular complexity index is 606. The van der Waals surface area contributed by atoms with Crippen LogP contribution in [0.3, 0.4) is 0 Å². The van der Waals surface area contributed by atoms with Crippen molar-refractivity contribution in [2.45, 2.75) is 18.0 Å². The van der Waals surface area contributed by atoms with Crippen molar-refractivity contribution in [2.24, 2.45) is 0 Å². The quantitative estimate of drug-likeness (QED) is 0.941. The van der Waals surface area contributed by atoms with E-state index >= 15 is 0 Å². The zero-order valence-corrected chi connectivity index (χ0v) is 12.2. The molecule has 3 rings (SSSR count). The number of nitrogens with zero attached hydrogens (tertiary/aromatic N) is 2. The Labute approximate surface area is 127 Å². The molecule has 0 radical (unpaired) electrons. The smallest absolute Gasteiger partial charge is 0.321 e. The van der Waals surface area contributed by atoms with Crippen LogP contribution in [0.1, 0.15) is 16.5 Å². The molecule has 0 aliphatic carbocycles. The fourth-order valence-corrected chi connectivity index (χ4v) is 4.01. The number of pyridine rings is 1. The van der Waals surface area contributed by atoms with E-state index in [4.69, 9.17) is 0 Å². The number of carboxylic acids is 1. The summed E-state index contributed by atoms with van der Waals surface area (Å²) in [5.41, 5.74) is 2.18. The summed E-state index contributed by atoms with van der Waals surface area (Å²) >= 11 is 1.68. The lowest BCUT2D eigenvalue weighted by Crippen LogP contribution is -2.38. The van der Waals surface area contributed by atoms with Gasteiger partial charge in [-0.15, -0.1) is 11.8 Å². The van der Waals surface area contributed by atoms with Gasteiger partial charge in [0.05, 0.1) is 5.37 Å². The van der Waals surface area contributed by atoms with Gasteiger partial charge in [-0.3, -0.25) is 14.7 Å². The second-order valence-corrected chi connectivity index (χ2v) is 6.10. The van der Waals surface area contributed by atoms with E-state index in [9.17, 15) is 9.90 Å². The van der Waals surface area contributed by atoms with Crippen LogP contribution in [-0.2, 0) is 11.3 Å². The number of aliphatic carboxylic acids is 1. The highest BCUT2D eigenvalue weighted by molar-refractivity contribution is 7.99. The topological polar surface area (TPSA) is 53.4 Å². The molecule has 0 spiro atoms. The fourth-order valence-electron chi connectivity index (χ4n) is 2.55. The van der Waals surface area contributed by atoms with Crippen molar-refractivity contribution in [3.05, 3.63) is 66.0 Å². The minimum atomic E-state index is -0.759. The normalized spacial score (nSPS) is 22.3. The average molecular weight is 300 g/mol. The Hall–Kier alpha value is -1.85. The first-order valence-electron chi connectivity index (χ1n) is 6.79. The SMILES string of the molecule is O=C(O)C1CSC(c2ccccc2)N1Cc1cccnc1. The van der Waals surface area contributed by atoms with Crippen molar-refractivity contribution in [1.82, 2.24) is 9.88 Å². The van der Waals surface area contributed by atoms with Crippen molar-refractivity contribution in [3.8, 4) is 0 Å². The highest BCUT2D eigenvalue weighted by Gasteiger charge is 2.39. The van der Waals surface area contributed by atoms with Crippen molar-refractivity contribution in [3.63, 3.8) is 0 Å². The molecule has 1 aromatic heterocycles. The molecule has 1 aromatic carbocycles. The summed E-state index contributed by atoms with van der Waals surface area (Å²) in [6, 6.07) is 13.5. The van der Waals surface area contributed by atoms with E-state index in [1.54, 1.807) is 24.2 Å². The van der Waals surface area contributed by atoms with Crippen LogP contribution in [0.5, 0.6) is 0 Å². The molecule has 2 atom stereocenters. The average Bonchev–Trinajstić information content (AvgIpc) is 2.93. The second-order valence-electron chi connectivity index (χ2n) is 4.98. The first kappa shape index (κ1) is 14.1. The van der Waals surface area contributed by atoms with Gasteiger partial charge in [0, 0.05) is 24.7 Å². The van der Waals surface area contributed by atoms with E-state index in [1.807, 2.05) is 35.2 Å². The summed E-state index contributed by atoms with van der Waals surface area (Å²) in [6.45, 7) is 0.595. The first-order valence-corrected chi connectivity index (χ1v) is 7.84. The molecule has 0 saturated carbocycles. The second kappa shape index (κ2) is 6.28. The summed E-state index contributed by atoms with van der Waals surface area (Å²) in [4.78, 5) is 17.7. The van der Waals surface area contributed by atoms with Crippen LogP contribution < -0.4 is 0 Å². The van der Waals surface area contributed by atoms with E-state index in [0.29, 0.717) is 12.3 Å². The maximum Gasteiger partial charge on any atom is 0.321 e. The van der Waals surface area contributed by atoms with Crippen LogP contribution in [0, 0.1) is 0 Å². The number of thioether (sulfide) groups is 1. The number of hydrogen-bond acceptors (Lipinski definition) is 4. The van der Waals surface area contributed by atoms with Gasteiger partial charge >= 0.3 is 5.97 Å². The number of carboxylic acid groups (broad SMARTS) is 1. The third kappa shape index (κ3) is 3.09. The van der Waals surface area contributed by atoms with Gasteiger partial charge in [-0.2, -0.15) is 0 Å². The molecule has 0 amide bonds. The molecule has 4 nitrogen and oxygen atoms in total. The van der Waals surface area contributed by atoms with Crippen LogP contribution in [-0.4, -0.2) is 32.8 Å². The van der Waals surface area contributed by atoms with Crippen molar-refractivity contribution in [1.29, 1.82) is 0 Å². The minimum Gasteiger partial charge on any atom is -0.480 e. The molecule has 1 fully saturated rings. The standard InChI is InChI=1S/C16H16N2O2S/c19-16(20)14-11-21-15(13-6-2-1-3-7-13)18(14)10-12-5-4-8-17-9-12/h1-9,14-15H,10-11H2,(H,19,20). The zero-order valence-electron chi connectivity index (χ0n) is 11.4. The lowest BCUT2D eigenvalue weighted by molar-refractivity contribution is -0.142. The maximum absolute atomic E-state index is 11.5. The largest absolute Gasteiger partial charge is 0.480 e. The van der Waals surface area contributed by atoms with E-state index in [1.165, 1.54) is 0 Å². The van der Waals surface area contributed by atoms with E-state index in [-0.39, 0.29) is 5.37 Å². The summed E-state index contributed by atoms with van der Waals surface area (Å²) in [5, 5.41) is 9.53. The highest BCUT2D eigenvalue weighted by atomic mass is 32.2. The van der Waals surface area contributed by atoms with Gasteiger partial charge in [-0.05, 0) is 17.2 Å². The maximum atomic E-state index is 11.5. The molecule has 1 aliphatic rings. The molecular weight excluding hydrogens is 284 g/mol. The van der Waals surface area contributed by atoms with Gasteiger partial charge in [0.2, 0.25) is 0 Å². The molecular formula is C16H16N2O2S. The fraction of sp³-hybridized carbons (Fsp3) is 0.250. The molecule has 108 valence electrons. The van der Waals surface area contributed by atoms with Gasteiger partial charge in [0.1, 0.15) is 6.04 Å². The number of aromatic nitrogens is 1. The number of benzene rings is 1. The molecule has 5 heteroatoms. The minimum absolute atomic E-state index is 0.0764. The van der Waals surface area contributed by atoms with E-state index in [0.717, 1.165) is 11.1 Å². The Morgan fingerprint density at radius 1 is 1.29 bits per heavy atom.